The highest BCUT2D eigenvalue weighted by Gasteiger charge is 2.14. The van der Waals surface area contributed by atoms with Gasteiger partial charge in [0.25, 0.3) is 0 Å². The monoisotopic (exact) mass is 179 g/mol. The molecule has 1 aromatic rings. The molecule has 13 heavy (non-hydrogen) atoms. The summed E-state index contributed by atoms with van der Waals surface area (Å²) in [5.41, 5.74) is 1.14. The second-order valence-corrected chi connectivity index (χ2v) is 3.43. The molecule has 0 bridgehead atoms. The SMILES string of the molecule is CC(O)C(C)N(C)c1ccccc1. The van der Waals surface area contributed by atoms with Crippen LogP contribution in [0.1, 0.15) is 13.8 Å². The summed E-state index contributed by atoms with van der Waals surface area (Å²) in [4.78, 5) is 2.07. The van der Waals surface area contributed by atoms with Crippen molar-refractivity contribution in [2.75, 3.05) is 11.9 Å². The summed E-state index contributed by atoms with van der Waals surface area (Å²) in [5.74, 6) is 0. The van der Waals surface area contributed by atoms with Crippen molar-refractivity contribution in [2.24, 2.45) is 0 Å². The smallest absolute Gasteiger partial charge is 0.0712 e. The number of benzene rings is 1. The summed E-state index contributed by atoms with van der Waals surface area (Å²) < 4.78 is 0. The second kappa shape index (κ2) is 4.28. The van der Waals surface area contributed by atoms with Crippen LogP contribution >= 0.6 is 0 Å². The molecule has 1 rings (SSSR count). The number of para-hydroxylation sites is 1. The third-order valence-corrected chi connectivity index (χ3v) is 2.47. The number of aliphatic hydroxyl groups excluding tert-OH is 1. The molecule has 0 spiro atoms. The van der Waals surface area contributed by atoms with Gasteiger partial charge in [-0.3, -0.25) is 0 Å². The van der Waals surface area contributed by atoms with Gasteiger partial charge in [0.2, 0.25) is 0 Å². The van der Waals surface area contributed by atoms with Gasteiger partial charge < -0.3 is 10.0 Å². The molecule has 0 aromatic heterocycles. The van der Waals surface area contributed by atoms with E-state index < -0.39 is 0 Å². The first-order chi connectivity index (χ1) is 6.13. The molecular weight excluding hydrogens is 162 g/mol. The number of nitrogens with zero attached hydrogens (tertiary/aromatic N) is 1. The van der Waals surface area contributed by atoms with Crippen LogP contribution in [0.3, 0.4) is 0 Å². The molecule has 2 nitrogen and oxygen atoms in total. The van der Waals surface area contributed by atoms with Crippen molar-refractivity contribution >= 4 is 5.69 Å². The zero-order chi connectivity index (χ0) is 9.84. The molecular formula is C11H17NO. The minimum atomic E-state index is -0.315. The predicted molar refractivity (Wildman–Crippen MR) is 56.0 cm³/mol. The van der Waals surface area contributed by atoms with Crippen LogP contribution in [0.15, 0.2) is 30.3 Å². The van der Waals surface area contributed by atoms with Gasteiger partial charge in [0.15, 0.2) is 0 Å². The normalized spacial score (nSPS) is 15.1. The molecule has 1 N–H and O–H groups in total. The molecule has 0 saturated carbocycles. The molecule has 1 aromatic carbocycles. The molecule has 0 aliphatic heterocycles. The van der Waals surface area contributed by atoms with Gasteiger partial charge >= 0.3 is 0 Å². The van der Waals surface area contributed by atoms with Crippen LogP contribution in [0.25, 0.3) is 0 Å². The number of anilines is 1. The Hall–Kier alpha value is -1.02. The van der Waals surface area contributed by atoms with E-state index in [9.17, 15) is 5.11 Å². The first-order valence-electron chi connectivity index (χ1n) is 4.59. The van der Waals surface area contributed by atoms with E-state index in [4.69, 9.17) is 0 Å². The summed E-state index contributed by atoms with van der Waals surface area (Å²) in [6, 6.07) is 10.2. The Morgan fingerprint density at radius 2 is 1.69 bits per heavy atom. The zero-order valence-corrected chi connectivity index (χ0v) is 8.44. The van der Waals surface area contributed by atoms with E-state index in [0.29, 0.717) is 0 Å². The Kier molecular flexibility index (Phi) is 3.32. The lowest BCUT2D eigenvalue weighted by Crippen LogP contribution is -2.37. The van der Waals surface area contributed by atoms with Crippen LogP contribution in [0.2, 0.25) is 0 Å². The molecule has 0 aliphatic rings. The van der Waals surface area contributed by atoms with E-state index in [-0.39, 0.29) is 12.1 Å². The Morgan fingerprint density at radius 3 is 2.15 bits per heavy atom. The van der Waals surface area contributed by atoms with Gasteiger partial charge in [-0.25, -0.2) is 0 Å². The largest absolute Gasteiger partial charge is 0.391 e. The minimum absolute atomic E-state index is 0.141. The lowest BCUT2D eigenvalue weighted by Gasteiger charge is -2.28. The van der Waals surface area contributed by atoms with Crippen LogP contribution < -0.4 is 4.90 Å². The summed E-state index contributed by atoms with van der Waals surface area (Å²) >= 11 is 0. The number of hydrogen-bond acceptors (Lipinski definition) is 2. The standard InChI is InChI=1S/C11H17NO/c1-9(10(2)13)12(3)11-7-5-4-6-8-11/h4-10,13H,1-3H3. The van der Waals surface area contributed by atoms with Gasteiger partial charge in [0, 0.05) is 12.7 Å². The molecule has 0 aliphatic carbocycles. The van der Waals surface area contributed by atoms with Gasteiger partial charge in [-0.1, -0.05) is 18.2 Å². The Morgan fingerprint density at radius 1 is 1.15 bits per heavy atom. The summed E-state index contributed by atoms with van der Waals surface area (Å²) in [5, 5.41) is 9.41. The van der Waals surface area contributed by atoms with E-state index in [1.807, 2.05) is 51.2 Å². The van der Waals surface area contributed by atoms with Crippen molar-refractivity contribution < 1.29 is 5.11 Å². The highest BCUT2D eigenvalue weighted by atomic mass is 16.3. The summed E-state index contributed by atoms with van der Waals surface area (Å²) in [6.07, 6.45) is -0.315. The maximum Gasteiger partial charge on any atom is 0.0712 e. The second-order valence-electron chi connectivity index (χ2n) is 3.43. The highest BCUT2D eigenvalue weighted by Crippen LogP contribution is 2.15. The van der Waals surface area contributed by atoms with Gasteiger partial charge in [0.05, 0.1) is 12.1 Å². The molecule has 2 atom stereocenters. The number of hydrogen-bond donors (Lipinski definition) is 1. The number of aliphatic hydroxyl groups is 1. The molecule has 0 amide bonds. The molecule has 2 heteroatoms. The predicted octanol–water partition coefficient (Wildman–Crippen LogP) is 1.89. The topological polar surface area (TPSA) is 23.5 Å². The van der Waals surface area contributed by atoms with Crippen molar-refractivity contribution in [1.29, 1.82) is 0 Å². The minimum Gasteiger partial charge on any atom is -0.391 e. The summed E-state index contributed by atoms with van der Waals surface area (Å²) in [7, 11) is 1.99. The van der Waals surface area contributed by atoms with Crippen molar-refractivity contribution in [1.82, 2.24) is 0 Å². The van der Waals surface area contributed by atoms with Crippen LogP contribution in [-0.4, -0.2) is 24.3 Å². The van der Waals surface area contributed by atoms with Gasteiger partial charge in [-0.15, -0.1) is 0 Å². The van der Waals surface area contributed by atoms with E-state index in [1.165, 1.54) is 0 Å². The third-order valence-electron chi connectivity index (χ3n) is 2.47. The maximum absolute atomic E-state index is 9.41. The molecule has 0 fully saturated rings. The van der Waals surface area contributed by atoms with E-state index in [2.05, 4.69) is 4.90 Å². The fraction of sp³-hybridized carbons (Fsp3) is 0.455. The molecule has 0 saturated heterocycles. The molecule has 72 valence electrons. The third kappa shape index (κ3) is 2.46. The van der Waals surface area contributed by atoms with E-state index in [0.717, 1.165) is 5.69 Å². The summed E-state index contributed by atoms with van der Waals surface area (Å²) in [6.45, 7) is 3.82. The lowest BCUT2D eigenvalue weighted by atomic mass is 10.1. The van der Waals surface area contributed by atoms with Crippen molar-refractivity contribution in [3.63, 3.8) is 0 Å². The zero-order valence-electron chi connectivity index (χ0n) is 8.44. The number of likely N-dealkylation sites (N-methyl/N-ethyl adjacent to an activating group) is 1. The quantitative estimate of drug-likeness (QED) is 0.766. The van der Waals surface area contributed by atoms with Crippen molar-refractivity contribution in [2.45, 2.75) is 26.0 Å². The van der Waals surface area contributed by atoms with E-state index in [1.54, 1.807) is 0 Å². The lowest BCUT2D eigenvalue weighted by molar-refractivity contribution is 0.168. The van der Waals surface area contributed by atoms with Gasteiger partial charge in [0.1, 0.15) is 0 Å². The first kappa shape index (κ1) is 10.1. The van der Waals surface area contributed by atoms with Crippen molar-refractivity contribution in [3.05, 3.63) is 30.3 Å². The van der Waals surface area contributed by atoms with E-state index >= 15 is 0 Å². The average molecular weight is 179 g/mol. The van der Waals surface area contributed by atoms with Crippen molar-refractivity contribution in [3.8, 4) is 0 Å². The average Bonchev–Trinajstić information content (AvgIpc) is 2.17. The van der Waals surface area contributed by atoms with Gasteiger partial charge in [-0.2, -0.15) is 0 Å². The van der Waals surface area contributed by atoms with Crippen LogP contribution in [0.4, 0.5) is 5.69 Å². The van der Waals surface area contributed by atoms with Gasteiger partial charge in [-0.05, 0) is 26.0 Å². The van der Waals surface area contributed by atoms with Crippen LogP contribution in [0, 0.1) is 0 Å². The Bertz CT molecular complexity index is 246. The Balaban J connectivity index is 2.73. The fourth-order valence-corrected chi connectivity index (χ4v) is 1.22. The van der Waals surface area contributed by atoms with Crippen LogP contribution in [-0.2, 0) is 0 Å². The maximum atomic E-state index is 9.41. The first-order valence-corrected chi connectivity index (χ1v) is 4.59. The van der Waals surface area contributed by atoms with Crippen LogP contribution in [0.5, 0.6) is 0 Å². The fourth-order valence-electron chi connectivity index (χ4n) is 1.22. The highest BCUT2D eigenvalue weighted by molar-refractivity contribution is 5.46. The molecule has 0 radical (unpaired) electrons. The Labute approximate surface area is 79.8 Å². The number of rotatable bonds is 3. The molecule has 2 unspecified atom stereocenters. The molecule has 0 heterocycles.